The van der Waals surface area contributed by atoms with E-state index in [1.165, 1.54) is 0 Å². The fraction of sp³-hybridized carbons (Fsp3) is 0.909. The van der Waals surface area contributed by atoms with E-state index in [0.717, 1.165) is 32.4 Å². The average molecular weight is 215 g/mol. The molecule has 0 aromatic heterocycles. The zero-order valence-electron chi connectivity index (χ0n) is 9.61. The van der Waals surface area contributed by atoms with Gasteiger partial charge >= 0.3 is 6.09 Å². The highest BCUT2D eigenvalue weighted by atomic mass is 16.6. The van der Waals surface area contributed by atoms with Crippen molar-refractivity contribution in [1.29, 1.82) is 0 Å². The molecule has 0 spiro atoms. The summed E-state index contributed by atoms with van der Waals surface area (Å²) in [7, 11) is 0. The first-order chi connectivity index (χ1) is 7.13. The first-order valence-electron chi connectivity index (χ1n) is 5.70. The second-order valence-corrected chi connectivity index (χ2v) is 4.38. The smallest absolute Gasteiger partial charge is 0.410 e. The number of rotatable bonds is 3. The Morgan fingerprint density at radius 2 is 2.07 bits per heavy atom. The Bertz CT molecular complexity index is 198. The van der Waals surface area contributed by atoms with Gasteiger partial charge in [0, 0.05) is 19.7 Å². The third kappa shape index (κ3) is 4.08. The van der Waals surface area contributed by atoms with Crippen LogP contribution < -0.4 is 0 Å². The van der Waals surface area contributed by atoms with Crippen LogP contribution in [0.4, 0.5) is 4.79 Å². The van der Waals surface area contributed by atoms with Crippen LogP contribution in [0.25, 0.3) is 0 Å². The average Bonchev–Trinajstić information content (AvgIpc) is 2.18. The van der Waals surface area contributed by atoms with E-state index in [0.29, 0.717) is 5.92 Å². The van der Waals surface area contributed by atoms with Crippen molar-refractivity contribution < 1.29 is 14.6 Å². The molecule has 4 heteroatoms. The van der Waals surface area contributed by atoms with Crippen molar-refractivity contribution in [3.8, 4) is 0 Å². The molecule has 0 radical (unpaired) electrons. The van der Waals surface area contributed by atoms with Gasteiger partial charge in [-0.25, -0.2) is 4.79 Å². The largest absolute Gasteiger partial charge is 0.447 e. The molecule has 1 heterocycles. The van der Waals surface area contributed by atoms with Gasteiger partial charge in [0.25, 0.3) is 0 Å². The van der Waals surface area contributed by atoms with Gasteiger partial charge in [0.2, 0.25) is 0 Å². The minimum atomic E-state index is -0.201. The van der Waals surface area contributed by atoms with Crippen molar-refractivity contribution >= 4 is 6.09 Å². The molecule has 1 aliphatic heterocycles. The molecule has 1 fully saturated rings. The monoisotopic (exact) mass is 215 g/mol. The van der Waals surface area contributed by atoms with E-state index in [2.05, 4.69) is 0 Å². The minimum Gasteiger partial charge on any atom is -0.447 e. The summed E-state index contributed by atoms with van der Waals surface area (Å²) in [6, 6.07) is 0. The lowest BCUT2D eigenvalue weighted by Gasteiger charge is -2.31. The highest BCUT2D eigenvalue weighted by molar-refractivity contribution is 5.67. The summed E-state index contributed by atoms with van der Waals surface area (Å²) in [5, 5.41) is 8.81. The molecule has 1 rings (SSSR count). The van der Waals surface area contributed by atoms with Crippen LogP contribution >= 0.6 is 0 Å². The Balaban J connectivity index is 2.27. The zero-order chi connectivity index (χ0) is 11.3. The number of aliphatic hydroxyl groups excluding tert-OH is 1. The SMILES string of the molecule is CC(C)OC(=O)N1CCC(CCO)CC1. The number of amides is 1. The number of nitrogens with zero attached hydrogens (tertiary/aromatic N) is 1. The number of likely N-dealkylation sites (tertiary alicyclic amines) is 1. The lowest BCUT2D eigenvalue weighted by atomic mass is 9.94. The quantitative estimate of drug-likeness (QED) is 0.778. The van der Waals surface area contributed by atoms with Gasteiger partial charge in [0.05, 0.1) is 6.10 Å². The van der Waals surface area contributed by atoms with E-state index in [4.69, 9.17) is 9.84 Å². The molecule has 0 atom stereocenters. The van der Waals surface area contributed by atoms with Crippen molar-refractivity contribution in [1.82, 2.24) is 4.90 Å². The Kier molecular flexibility index (Phi) is 4.88. The van der Waals surface area contributed by atoms with E-state index in [9.17, 15) is 4.79 Å². The van der Waals surface area contributed by atoms with Gasteiger partial charge in [-0.05, 0) is 39.0 Å². The number of piperidine rings is 1. The molecule has 1 N–H and O–H groups in total. The molecule has 0 unspecified atom stereocenters. The van der Waals surface area contributed by atoms with Crippen molar-refractivity contribution in [3.63, 3.8) is 0 Å². The Labute approximate surface area is 91.2 Å². The number of carbonyl (C=O) groups is 1. The molecule has 15 heavy (non-hydrogen) atoms. The number of hydrogen-bond acceptors (Lipinski definition) is 3. The molecule has 1 aliphatic rings. The Morgan fingerprint density at radius 1 is 1.47 bits per heavy atom. The van der Waals surface area contributed by atoms with Crippen LogP contribution in [0.15, 0.2) is 0 Å². The Hall–Kier alpha value is -0.770. The molecule has 0 bridgehead atoms. The predicted molar refractivity (Wildman–Crippen MR) is 57.6 cm³/mol. The zero-order valence-corrected chi connectivity index (χ0v) is 9.61. The van der Waals surface area contributed by atoms with Gasteiger partial charge in [-0.15, -0.1) is 0 Å². The maximum atomic E-state index is 11.5. The minimum absolute atomic E-state index is 0.0485. The van der Waals surface area contributed by atoms with Gasteiger partial charge in [-0.3, -0.25) is 0 Å². The van der Waals surface area contributed by atoms with Crippen LogP contribution in [0.2, 0.25) is 0 Å². The van der Waals surface area contributed by atoms with Crippen molar-refractivity contribution in [2.24, 2.45) is 5.92 Å². The molecule has 0 saturated carbocycles. The standard InChI is InChI=1S/C11H21NO3/c1-9(2)15-11(14)12-6-3-10(4-7-12)5-8-13/h9-10,13H,3-8H2,1-2H3. The van der Waals surface area contributed by atoms with E-state index in [1.54, 1.807) is 4.90 Å². The van der Waals surface area contributed by atoms with Crippen molar-refractivity contribution in [2.45, 2.75) is 39.2 Å². The summed E-state index contributed by atoms with van der Waals surface area (Å²) >= 11 is 0. The molecule has 4 nitrogen and oxygen atoms in total. The highest BCUT2D eigenvalue weighted by Gasteiger charge is 2.23. The topological polar surface area (TPSA) is 49.8 Å². The van der Waals surface area contributed by atoms with E-state index >= 15 is 0 Å². The van der Waals surface area contributed by atoms with Crippen LogP contribution in [0.5, 0.6) is 0 Å². The third-order valence-corrected chi connectivity index (χ3v) is 2.75. The second kappa shape index (κ2) is 5.95. The van der Waals surface area contributed by atoms with E-state index in [-0.39, 0.29) is 18.8 Å². The predicted octanol–water partition coefficient (Wildman–Crippen LogP) is 1.63. The van der Waals surface area contributed by atoms with Crippen LogP contribution in [0, 0.1) is 5.92 Å². The lowest BCUT2D eigenvalue weighted by Crippen LogP contribution is -2.39. The van der Waals surface area contributed by atoms with Gasteiger partial charge in [0.15, 0.2) is 0 Å². The Morgan fingerprint density at radius 3 is 2.53 bits per heavy atom. The van der Waals surface area contributed by atoms with E-state index < -0.39 is 0 Å². The first kappa shape index (κ1) is 12.3. The molecular weight excluding hydrogens is 194 g/mol. The summed E-state index contributed by atoms with van der Waals surface area (Å²) in [5.74, 6) is 0.568. The molecule has 0 aromatic carbocycles. The normalized spacial score (nSPS) is 18.3. The fourth-order valence-corrected chi connectivity index (χ4v) is 1.86. The van der Waals surface area contributed by atoms with Crippen LogP contribution in [0.3, 0.4) is 0 Å². The first-order valence-corrected chi connectivity index (χ1v) is 5.70. The lowest BCUT2D eigenvalue weighted by molar-refractivity contribution is 0.0634. The highest BCUT2D eigenvalue weighted by Crippen LogP contribution is 2.20. The second-order valence-electron chi connectivity index (χ2n) is 4.38. The maximum Gasteiger partial charge on any atom is 0.410 e. The molecular formula is C11H21NO3. The molecule has 1 saturated heterocycles. The van der Waals surface area contributed by atoms with Crippen LogP contribution in [-0.4, -0.2) is 41.9 Å². The third-order valence-electron chi connectivity index (χ3n) is 2.75. The summed E-state index contributed by atoms with van der Waals surface area (Å²) in [5.41, 5.74) is 0. The molecule has 1 amide bonds. The molecule has 88 valence electrons. The van der Waals surface area contributed by atoms with Gasteiger partial charge in [-0.1, -0.05) is 0 Å². The fourth-order valence-electron chi connectivity index (χ4n) is 1.86. The molecule has 0 aromatic rings. The summed E-state index contributed by atoms with van der Waals surface area (Å²) in [6.07, 6.45) is 2.56. The number of hydrogen-bond donors (Lipinski definition) is 1. The number of carbonyl (C=O) groups excluding carboxylic acids is 1. The van der Waals surface area contributed by atoms with Crippen LogP contribution in [-0.2, 0) is 4.74 Å². The summed E-state index contributed by atoms with van der Waals surface area (Å²) in [4.78, 5) is 13.3. The van der Waals surface area contributed by atoms with Crippen LogP contribution in [0.1, 0.15) is 33.1 Å². The number of ether oxygens (including phenoxy) is 1. The van der Waals surface area contributed by atoms with Gasteiger partial charge in [-0.2, -0.15) is 0 Å². The van der Waals surface area contributed by atoms with Crippen molar-refractivity contribution in [2.75, 3.05) is 19.7 Å². The summed E-state index contributed by atoms with van der Waals surface area (Å²) in [6.45, 7) is 5.49. The van der Waals surface area contributed by atoms with Gasteiger partial charge < -0.3 is 14.7 Å². The van der Waals surface area contributed by atoms with Crippen molar-refractivity contribution in [3.05, 3.63) is 0 Å². The number of aliphatic hydroxyl groups is 1. The molecule has 0 aliphatic carbocycles. The summed E-state index contributed by atoms with van der Waals surface area (Å²) < 4.78 is 5.12. The van der Waals surface area contributed by atoms with Gasteiger partial charge in [0.1, 0.15) is 0 Å². The van der Waals surface area contributed by atoms with E-state index in [1.807, 2.05) is 13.8 Å². The maximum absolute atomic E-state index is 11.5.